The van der Waals surface area contributed by atoms with Crippen LogP contribution < -0.4 is 5.73 Å². The van der Waals surface area contributed by atoms with Gasteiger partial charge in [0.1, 0.15) is 5.52 Å². The minimum Gasteiger partial charge on any atom is -0.366 e. The third kappa shape index (κ3) is 2.59. The first-order valence-electron chi connectivity index (χ1n) is 5.87. The summed E-state index contributed by atoms with van der Waals surface area (Å²) in [6.07, 6.45) is 0. The van der Waals surface area contributed by atoms with Crippen LogP contribution in [0.5, 0.6) is 0 Å². The van der Waals surface area contributed by atoms with Crippen molar-refractivity contribution in [2.75, 3.05) is 5.73 Å². The molecule has 0 aliphatic heterocycles. The van der Waals surface area contributed by atoms with Gasteiger partial charge in [0, 0.05) is 4.47 Å². The van der Waals surface area contributed by atoms with Crippen molar-refractivity contribution < 1.29 is 8.42 Å². The minimum absolute atomic E-state index is 0.0472. The van der Waals surface area contributed by atoms with E-state index in [4.69, 9.17) is 5.73 Å². The van der Waals surface area contributed by atoms with Crippen molar-refractivity contribution in [1.82, 2.24) is 15.2 Å². The van der Waals surface area contributed by atoms with Crippen LogP contribution in [0.25, 0.3) is 11.0 Å². The van der Waals surface area contributed by atoms with Crippen LogP contribution in [0.15, 0.2) is 56.7 Å². The Morgan fingerprint density at radius 3 is 2.29 bits per heavy atom. The second-order valence-corrected chi connectivity index (χ2v) is 7.14. The molecule has 0 aliphatic carbocycles. The Morgan fingerprint density at radius 1 is 0.905 bits per heavy atom. The molecule has 21 heavy (non-hydrogen) atoms. The molecule has 0 saturated heterocycles. The molecular formula is C13H9BrN4O2S. The molecule has 106 valence electrons. The highest BCUT2D eigenvalue weighted by atomic mass is 79.9. The van der Waals surface area contributed by atoms with Crippen molar-refractivity contribution in [2.24, 2.45) is 0 Å². The lowest BCUT2D eigenvalue weighted by Gasteiger charge is -2.05. The summed E-state index contributed by atoms with van der Waals surface area (Å²) in [4.78, 5) is 4.33. The topological polar surface area (TPSA) is 98.8 Å². The average molecular weight is 365 g/mol. The lowest BCUT2D eigenvalue weighted by molar-refractivity contribution is 0.596. The zero-order chi connectivity index (χ0) is 15.0. The van der Waals surface area contributed by atoms with Gasteiger partial charge in [-0.15, -0.1) is 10.2 Å². The van der Waals surface area contributed by atoms with Crippen molar-refractivity contribution in [3.05, 3.63) is 46.9 Å². The van der Waals surface area contributed by atoms with Crippen molar-refractivity contribution >= 4 is 42.7 Å². The quantitative estimate of drug-likeness (QED) is 0.748. The van der Waals surface area contributed by atoms with Gasteiger partial charge < -0.3 is 5.73 Å². The molecule has 0 spiro atoms. The van der Waals surface area contributed by atoms with Crippen LogP contribution in [-0.4, -0.2) is 23.6 Å². The van der Waals surface area contributed by atoms with E-state index in [1.807, 2.05) is 0 Å². The fraction of sp³-hybridized carbons (Fsp3) is 0. The van der Waals surface area contributed by atoms with Crippen LogP contribution in [0.1, 0.15) is 0 Å². The minimum atomic E-state index is -3.60. The van der Waals surface area contributed by atoms with Crippen molar-refractivity contribution in [1.29, 1.82) is 0 Å². The molecule has 0 unspecified atom stereocenters. The van der Waals surface area contributed by atoms with Crippen LogP contribution >= 0.6 is 15.9 Å². The van der Waals surface area contributed by atoms with Gasteiger partial charge in [-0.3, -0.25) is 0 Å². The lowest BCUT2D eigenvalue weighted by atomic mass is 10.3. The number of hydrogen-bond acceptors (Lipinski definition) is 6. The maximum atomic E-state index is 12.5. The first-order valence-corrected chi connectivity index (χ1v) is 8.15. The van der Waals surface area contributed by atoms with Gasteiger partial charge in [-0.25, -0.2) is 13.4 Å². The Labute approximate surface area is 129 Å². The molecule has 0 bridgehead atoms. The number of aromatic nitrogens is 3. The molecule has 0 radical (unpaired) electrons. The first-order chi connectivity index (χ1) is 9.96. The van der Waals surface area contributed by atoms with E-state index in [0.29, 0.717) is 11.0 Å². The molecular weight excluding hydrogens is 356 g/mol. The molecule has 1 aromatic heterocycles. The summed E-state index contributed by atoms with van der Waals surface area (Å²) in [6.45, 7) is 0. The van der Waals surface area contributed by atoms with E-state index >= 15 is 0 Å². The Bertz CT molecular complexity index is 927. The zero-order valence-electron chi connectivity index (χ0n) is 10.6. The van der Waals surface area contributed by atoms with Gasteiger partial charge in [-0.2, -0.15) is 0 Å². The normalized spacial score (nSPS) is 11.7. The maximum Gasteiger partial charge on any atom is 0.240 e. The van der Waals surface area contributed by atoms with E-state index in [9.17, 15) is 8.42 Å². The predicted molar refractivity (Wildman–Crippen MR) is 81.3 cm³/mol. The summed E-state index contributed by atoms with van der Waals surface area (Å²) in [5, 5.41) is 7.48. The highest BCUT2D eigenvalue weighted by Crippen LogP contribution is 2.24. The first kappa shape index (κ1) is 13.9. The molecule has 2 N–H and O–H groups in total. The fourth-order valence-corrected chi connectivity index (χ4v) is 3.39. The Morgan fingerprint density at radius 2 is 1.57 bits per heavy atom. The standard InChI is InChI=1S/C13H9BrN4O2S/c14-8-1-3-9(4-2-8)21(19,20)10-5-6-11-12(7-10)17-18-13(15)16-11/h1-7H,(H2,15,16,18). The monoisotopic (exact) mass is 364 g/mol. The van der Waals surface area contributed by atoms with Crippen LogP contribution in [0, 0.1) is 0 Å². The summed E-state index contributed by atoms with van der Waals surface area (Å²) in [5.74, 6) is 0.0472. The SMILES string of the molecule is Nc1nnc2cc(S(=O)(=O)c3ccc(Br)cc3)ccc2n1. The number of benzene rings is 2. The highest BCUT2D eigenvalue weighted by molar-refractivity contribution is 9.10. The molecule has 3 aromatic rings. The van der Waals surface area contributed by atoms with E-state index in [2.05, 4.69) is 31.1 Å². The zero-order valence-corrected chi connectivity index (χ0v) is 13.0. The summed E-state index contributed by atoms with van der Waals surface area (Å²) < 4.78 is 25.9. The van der Waals surface area contributed by atoms with Crippen LogP contribution in [-0.2, 0) is 9.84 Å². The van der Waals surface area contributed by atoms with Gasteiger partial charge in [0.05, 0.1) is 15.3 Å². The van der Waals surface area contributed by atoms with Crippen LogP contribution in [0.2, 0.25) is 0 Å². The summed E-state index contributed by atoms with van der Waals surface area (Å²) in [6, 6.07) is 10.9. The number of nitrogens with zero attached hydrogens (tertiary/aromatic N) is 3. The molecule has 0 aliphatic rings. The number of fused-ring (bicyclic) bond motifs is 1. The van der Waals surface area contributed by atoms with Crippen LogP contribution in [0.3, 0.4) is 0 Å². The van der Waals surface area contributed by atoms with Gasteiger partial charge in [-0.1, -0.05) is 15.9 Å². The summed E-state index contributed by atoms with van der Waals surface area (Å²) in [5.41, 5.74) is 6.32. The molecule has 0 amide bonds. The average Bonchev–Trinajstić information content (AvgIpc) is 2.47. The third-order valence-electron chi connectivity index (χ3n) is 2.88. The smallest absolute Gasteiger partial charge is 0.240 e. The van der Waals surface area contributed by atoms with Gasteiger partial charge >= 0.3 is 0 Å². The molecule has 0 saturated carbocycles. The second kappa shape index (κ2) is 5.05. The number of halogens is 1. The fourth-order valence-electron chi connectivity index (χ4n) is 1.85. The van der Waals surface area contributed by atoms with E-state index in [0.717, 1.165) is 4.47 Å². The predicted octanol–water partition coefficient (Wildman–Crippen LogP) is 2.20. The number of sulfone groups is 1. The number of anilines is 1. The summed E-state index contributed by atoms with van der Waals surface area (Å²) >= 11 is 3.27. The second-order valence-electron chi connectivity index (χ2n) is 4.28. The lowest BCUT2D eigenvalue weighted by Crippen LogP contribution is -2.03. The van der Waals surface area contributed by atoms with Crippen molar-refractivity contribution in [3.8, 4) is 0 Å². The molecule has 3 rings (SSSR count). The molecule has 8 heteroatoms. The Kier molecular flexibility index (Phi) is 3.34. The van der Waals surface area contributed by atoms with Gasteiger partial charge in [0.15, 0.2) is 0 Å². The van der Waals surface area contributed by atoms with E-state index in [-0.39, 0.29) is 15.7 Å². The largest absolute Gasteiger partial charge is 0.366 e. The van der Waals surface area contributed by atoms with E-state index in [1.54, 1.807) is 18.2 Å². The molecule has 6 nitrogen and oxygen atoms in total. The maximum absolute atomic E-state index is 12.5. The number of nitrogen functional groups attached to an aromatic ring is 1. The van der Waals surface area contributed by atoms with Gasteiger partial charge in [-0.05, 0) is 42.5 Å². The molecule has 0 fully saturated rings. The summed E-state index contributed by atoms with van der Waals surface area (Å²) in [7, 11) is -3.60. The van der Waals surface area contributed by atoms with Gasteiger partial charge in [0.2, 0.25) is 15.8 Å². The number of rotatable bonds is 2. The molecule has 1 heterocycles. The van der Waals surface area contributed by atoms with Crippen molar-refractivity contribution in [3.63, 3.8) is 0 Å². The van der Waals surface area contributed by atoms with Crippen LogP contribution in [0.4, 0.5) is 5.95 Å². The number of hydrogen-bond donors (Lipinski definition) is 1. The highest BCUT2D eigenvalue weighted by Gasteiger charge is 2.18. The number of nitrogens with two attached hydrogens (primary N) is 1. The Hall–Kier alpha value is -2.06. The Balaban J connectivity index is 2.14. The van der Waals surface area contributed by atoms with E-state index in [1.165, 1.54) is 24.3 Å². The molecule has 0 atom stereocenters. The van der Waals surface area contributed by atoms with E-state index < -0.39 is 9.84 Å². The molecule has 2 aromatic carbocycles. The van der Waals surface area contributed by atoms with Gasteiger partial charge in [0.25, 0.3) is 0 Å². The third-order valence-corrected chi connectivity index (χ3v) is 5.17. The van der Waals surface area contributed by atoms with Crippen molar-refractivity contribution in [2.45, 2.75) is 9.79 Å².